The van der Waals surface area contributed by atoms with E-state index in [9.17, 15) is 4.79 Å². The third-order valence-electron chi connectivity index (χ3n) is 4.95. The van der Waals surface area contributed by atoms with Crippen LogP contribution in [0, 0.1) is 11.8 Å². The molecule has 2 aromatic rings. The minimum Gasteiger partial charge on any atom is -0.350 e. The maximum absolute atomic E-state index is 12.7. The zero-order valence-corrected chi connectivity index (χ0v) is 15.4. The number of fused-ring (bicyclic) bond motifs is 1. The number of likely N-dealkylation sites (tertiary alicyclic amines) is 1. The van der Waals surface area contributed by atoms with Crippen LogP contribution < -0.4 is 5.32 Å². The molecule has 8 heteroatoms. The third-order valence-corrected chi connectivity index (χ3v) is 4.95. The fourth-order valence-corrected chi connectivity index (χ4v) is 3.59. The van der Waals surface area contributed by atoms with Gasteiger partial charge in [-0.25, -0.2) is 0 Å². The van der Waals surface area contributed by atoms with Crippen molar-refractivity contribution in [1.82, 2.24) is 20.4 Å². The lowest BCUT2D eigenvalue weighted by Gasteiger charge is -2.19. The molecule has 0 radical (unpaired) electrons. The van der Waals surface area contributed by atoms with Gasteiger partial charge in [-0.2, -0.15) is 0 Å². The van der Waals surface area contributed by atoms with Crippen LogP contribution >= 0.6 is 24.8 Å². The van der Waals surface area contributed by atoms with Crippen LogP contribution in [0.15, 0.2) is 35.0 Å². The molecule has 1 N–H and O–H groups in total. The highest BCUT2D eigenvalue weighted by Crippen LogP contribution is 2.28. The molecule has 2 fully saturated rings. The quantitative estimate of drug-likeness (QED) is 0.861. The van der Waals surface area contributed by atoms with E-state index in [1.807, 2.05) is 23.1 Å². The molecule has 2 aromatic heterocycles. The molecule has 0 spiro atoms. The molecule has 2 saturated heterocycles. The van der Waals surface area contributed by atoms with Gasteiger partial charge in [0.1, 0.15) is 5.69 Å². The number of amides is 1. The summed E-state index contributed by atoms with van der Waals surface area (Å²) in [6.07, 6.45) is 3.82. The summed E-state index contributed by atoms with van der Waals surface area (Å²) in [5, 5.41) is 7.44. The highest BCUT2D eigenvalue weighted by Gasteiger charge is 2.32. The van der Waals surface area contributed by atoms with Gasteiger partial charge in [0, 0.05) is 25.4 Å². The summed E-state index contributed by atoms with van der Waals surface area (Å²) in [6, 6.07) is 7.28. The number of carbonyl (C=O) groups excluding carboxylic acids is 1. The Morgan fingerprint density at radius 1 is 1.12 bits per heavy atom. The average molecular weight is 385 g/mol. The molecule has 0 saturated carbocycles. The van der Waals surface area contributed by atoms with Crippen molar-refractivity contribution < 1.29 is 9.32 Å². The number of pyridine rings is 1. The number of hydrogen-bond donors (Lipinski definition) is 1. The molecule has 0 aliphatic carbocycles. The lowest BCUT2D eigenvalue weighted by atomic mass is 9.92. The van der Waals surface area contributed by atoms with Gasteiger partial charge in [0.15, 0.2) is 0 Å². The molecule has 6 nitrogen and oxygen atoms in total. The minimum atomic E-state index is -0.0624. The Hall–Kier alpha value is -1.63. The van der Waals surface area contributed by atoms with E-state index in [0.29, 0.717) is 29.0 Å². The summed E-state index contributed by atoms with van der Waals surface area (Å²) < 4.78 is 5.28. The lowest BCUT2D eigenvalue weighted by Crippen LogP contribution is -2.32. The number of hydrogen-bond acceptors (Lipinski definition) is 5. The number of halogens is 2. The Morgan fingerprint density at radius 2 is 1.84 bits per heavy atom. The van der Waals surface area contributed by atoms with E-state index in [-0.39, 0.29) is 30.7 Å². The molecule has 2 aliphatic heterocycles. The predicted molar refractivity (Wildman–Crippen MR) is 99.2 cm³/mol. The van der Waals surface area contributed by atoms with Gasteiger partial charge in [0.2, 0.25) is 5.76 Å². The van der Waals surface area contributed by atoms with Crippen molar-refractivity contribution >= 4 is 30.7 Å². The predicted octanol–water partition coefficient (Wildman–Crippen LogP) is 2.65. The number of nitrogens with zero attached hydrogens (tertiary/aromatic N) is 3. The molecule has 0 aromatic carbocycles. The minimum absolute atomic E-state index is 0. The van der Waals surface area contributed by atoms with Crippen LogP contribution in [0.5, 0.6) is 0 Å². The highest BCUT2D eigenvalue weighted by molar-refractivity contribution is 5.92. The molecular weight excluding hydrogens is 363 g/mol. The second-order valence-corrected chi connectivity index (χ2v) is 6.34. The summed E-state index contributed by atoms with van der Waals surface area (Å²) in [4.78, 5) is 18.8. The Bertz CT molecular complexity index is 681. The maximum Gasteiger partial charge on any atom is 0.292 e. The van der Waals surface area contributed by atoms with Crippen molar-refractivity contribution in [3.8, 4) is 11.4 Å². The molecule has 4 heterocycles. The first-order chi connectivity index (χ1) is 11.3. The second-order valence-electron chi connectivity index (χ2n) is 6.34. The number of carbonyl (C=O) groups is 1. The summed E-state index contributed by atoms with van der Waals surface area (Å²) in [6.45, 7) is 3.75. The summed E-state index contributed by atoms with van der Waals surface area (Å²) in [5.74, 6) is 1.64. The van der Waals surface area contributed by atoms with Crippen molar-refractivity contribution in [2.24, 2.45) is 11.8 Å². The van der Waals surface area contributed by atoms with Crippen LogP contribution in [0.1, 0.15) is 23.4 Å². The Morgan fingerprint density at radius 3 is 2.48 bits per heavy atom. The molecular formula is C17H22Cl2N4O2. The molecule has 4 rings (SSSR count). The van der Waals surface area contributed by atoms with Gasteiger partial charge in [0.25, 0.3) is 5.91 Å². The highest BCUT2D eigenvalue weighted by atomic mass is 35.5. The number of nitrogens with one attached hydrogen (secondary N) is 1. The zero-order chi connectivity index (χ0) is 15.6. The lowest BCUT2D eigenvalue weighted by molar-refractivity contribution is 0.0716. The first-order valence-electron chi connectivity index (χ1n) is 8.19. The van der Waals surface area contributed by atoms with Crippen LogP contribution in [0.4, 0.5) is 0 Å². The Kier molecular flexibility index (Phi) is 6.81. The first-order valence-corrected chi connectivity index (χ1v) is 8.19. The van der Waals surface area contributed by atoms with E-state index < -0.39 is 0 Å². The van der Waals surface area contributed by atoms with E-state index in [0.717, 1.165) is 39.0 Å². The Balaban J connectivity index is 0.00000113. The van der Waals surface area contributed by atoms with E-state index in [2.05, 4.69) is 15.5 Å². The second kappa shape index (κ2) is 8.65. The number of aromatic nitrogens is 2. The molecule has 0 bridgehead atoms. The van der Waals surface area contributed by atoms with Gasteiger partial charge in [-0.15, -0.1) is 24.8 Å². The van der Waals surface area contributed by atoms with Gasteiger partial charge in [-0.3, -0.25) is 9.78 Å². The maximum atomic E-state index is 12.7. The zero-order valence-electron chi connectivity index (χ0n) is 13.8. The first kappa shape index (κ1) is 19.7. The van der Waals surface area contributed by atoms with Crippen LogP contribution in [-0.4, -0.2) is 47.1 Å². The third kappa shape index (κ3) is 4.14. The van der Waals surface area contributed by atoms with E-state index >= 15 is 0 Å². The molecule has 2 aliphatic rings. The molecule has 2 atom stereocenters. The standard InChI is InChI=1S/C17H20N4O2.2ClH/c22-17(21-7-4-12-10-18-11-13(12)5-8-21)16-9-15(20-23-16)14-3-1-2-6-19-14;;/h1-3,6,9,12-13,18H,4-5,7-8,10-11H2;2*1H/t12-,13+;;. The fraction of sp³-hybridized carbons (Fsp3) is 0.471. The van der Waals surface area contributed by atoms with Gasteiger partial charge in [0.05, 0.1) is 5.69 Å². The fourth-order valence-electron chi connectivity index (χ4n) is 3.59. The van der Waals surface area contributed by atoms with Gasteiger partial charge in [-0.1, -0.05) is 11.2 Å². The summed E-state index contributed by atoms with van der Waals surface area (Å²) in [5.41, 5.74) is 1.32. The van der Waals surface area contributed by atoms with Crippen molar-refractivity contribution in [1.29, 1.82) is 0 Å². The van der Waals surface area contributed by atoms with Crippen molar-refractivity contribution in [2.45, 2.75) is 12.8 Å². The van der Waals surface area contributed by atoms with Crippen molar-refractivity contribution in [2.75, 3.05) is 26.2 Å². The summed E-state index contributed by atoms with van der Waals surface area (Å²) in [7, 11) is 0. The average Bonchev–Trinajstić information content (AvgIpc) is 3.21. The summed E-state index contributed by atoms with van der Waals surface area (Å²) >= 11 is 0. The monoisotopic (exact) mass is 384 g/mol. The van der Waals surface area contributed by atoms with Crippen LogP contribution in [0.3, 0.4) is 0 Å². The van der Waals surface area contributed by atoms with Crippen molar-refractivity contribution in [3.63, 3.8) is 0 Å². The van der Waals surface area contributed by atoms with E-state index in [4.69, 9.17) is 4.52 Å². The molecule has 25 heavy (non-hydrogen) atoms. The molecule has 136 valence electrons. The Labute approximate surface area is 159 Å². The SMILES string of the molecule is Cl.Cl.O=C(c1cc(-c2ccccn2)no1)N1CC[C@@H]2CNC[C@@H]2CC1. The smallest absolute Gasteiger partial charge is 0.292 e. The van der Waals surface area contributed by atoms with Crippen LogP contribution in [0.25, 0.3) is 11.4 Å². The van der Waals surface area contributed by atoms with Crippen molar-refractivity contribution in [3.05, 3.63) is 36.2 Å². The molecule has 1 amide bonds. The number of rotatable bonds is 2. The molecule has 0 unspecified atom stereocenters. The normalized spacial score (nSPS) is 22.3. The van der Waals surface area contributed by atoms with Crippen LogP contribution in [0.2, 0.25) is 0 Å². The van der Waals surface area contributed by atoms with E-state index in [1.165, 1.54) is 0 Å². The topological polar surface area (TPSA) is 71.3 Å². The largest absolute Gasteiger partial charge is 0.350 e. The van der Waals surface area contributed by atoms with E-state index in [1.54, 1.807) is 12.3 Å². The van der Waals surface area contributed by atoms with Gasteiger partial charge >= 0.3 is 0 Å². The van der Waals surface area contributed by atoms with Gasteiger partial charge < -0.3 is 14.7 Å². The van der Waals surface area contributed by atoms with Gasteiger partial charge in [-0.05, 0) is 49.9 Å². The van der Waals surface area contributed by atoms with Crippen LogP contribution in [-0.2, 0) is 0 Å².